The number of hydrogen-bond donors (Lipinski definition) is 2. The first-order valence-corrected chi connectivity index (χ1v) is 6.92. The van der Waals surface area contributed by atoms with Crippen molar-refractivity contribution in [2.24, 2.45) is 0 Å². The van der Waals surface area contributed by atoms with Gasteiger partial charge in [-0.25, -0.2) is 4.79 Å². The van der Waals surface area contributed by atoms with E-state index in [-0.39, 0.29) is 11.4 Å². The van der Waals surface area contributed by atoms with E-state index < -0.39 is 11.0 Å². The molecule has 0 atom stereocenters. The minimum Gasteiger partial charge on any atom is -0.495 e. The van der Waals surface area contributed by atoms with Gasteiger partial charge in [-0.15, -0.1) is 0 Å². The smallest absolute Gasteiger partial charge is 0.319 e. The number of benzene rings is 2. The third-order valence-corrected chi connectivity index (χ3v) is 3.18. The van der Waals surface area contributed by atoms with E-state index in [1.54, 1.807) is 0 Å². The molecule has 2 N–H and O–H groups in total. The fraction of sp³-hybridized carbons (Fsp3) is 0.188. The fourth-order valence-corrected chi connectivity index (χ4v) is 2.08. The van der Waals surface area contributed by atoms with Crippen LogP contribution in [0.25, 0.3) is 0 Å². The second-order valence-corrected chi connectivity index (χ2v) is 4.94. The van der Waals surface area contributed by atoms with Gasteiger partial charge in [0.1, 0.15) is 5.75 Å². The molecule has 0 aliphatic carbocycles. The molecule has 0 saturated carbocycles. The molecule has 0 radical (unpaired) electrons. The average molecular weight is 315 g/mol. The number of anilines is 1. The van der Waals surface area contributed by atoms with E-state index in [9.17, 15) is 14.9 Å². The molecule has 2 amide bonds. The maximum atomic E-state index is 12.0. The van der Waals surface area contributed by atoms with Crippen molar-refractivity contribution in [1.82, 2.24) is 5.32 Å². The van der Waals surface area contributed by atoms with Crippen molar-refractivity contribution in [3.05, 3.63) is 63.7 Å². The van der Waals surface area contributed by atoms with E-state index in [4.69, 9.17) is 4.74 Å². The standard InChI is InChI=1S/C16H17N3O4/c1-11-4-3-5-12(8-11)10-17-16(20)18-14-9-13(19(21)22)6-7-15(14)23-2/h3-9H,10H2,1-2H3,(H2,17,18,20). The molecule has 23 heavy (non-hydrogen) atoms. The van der Waals surface area contributed by atoms with Gasteiger partial charge in [-0.3, -0.25) is 10.1 Å². The summed E-state index contributed by atoms with van der Waals surface area (Å²) < 4.78 is 5.09. The van der Waals surface area contributed by atoms with Crippen LogP contribution in [0.5, 0.6) is 5.75 Å². The normalized spacial score (nSPS) is 10.0. The Kier molecular flexibility index (Phi) is 5.14. The summed E-state index contributed by atoms with van der Waals surface area (Å²) >= 11 is 0. The molecule has 0 aliphatic rings. The molecule has 0 unspecified atom stereocenters. The van der Waals surface area contributed by atoms with Crippen LogP contribution in [0.15, 0.2) is 42.5 Å². The van der Waals surface area contributed by atoms with Crippen LogP contribution in [0.4, 0.5) is 16.2 Å². The molecule has 0 bridgehead atoms. The molecular formula is C16H17N3O4. The van der Waals surface area contributed by atoms with E-state index >= 15 is 0 Å². The van der Waals surface area contributed by atoms with Crippen molar-refractivity contribution >= 4 is 17.4 Å². The highest BCUT2D eigenvalue weighted by Crippen LogP contribution is 2.28. The lowest BCUT2D eigenvalue weighted by Crippen LogP contribution is -2.28. The van der Waals surface area contributed by atoms with Crippen LogP contribution >= 0.6 is 0 Å². The van der Waals surface area contributed by atoms with Crippen LogP contribution in [0.2, 0.25) is 0 Å². The van der Waals surface area contributed by atoms with E-state index in [1.807, 2.05) is 31.2 Å². The van der Waals surface area contributed by atoms with Gasteiger partial charge in [0.05, 0.1) is 17.7 Å². The molecule has 0 saturated heterocycles. The number of aryl methyl sites for hydroxylation is 1. The van der Waals surface area contributed by atoms with Gasteiger partial charge in [-0.1, -0.05) is 29.8 Å². The molecule has 0 fully saturated rings. The van der Waals surface area contributed by atoms with Crippen molar-refractivity contribution in [3.63, 3.8) is 0 Å². The Morgan fingerprint density at radius 3 is 2.70 bits per heavy atom. The molecule has 7 nitrogen and oxygen atoms in total. The number of amides is 2. The van der Waals surface area contributed by atoms with Gasteiger partial charge >= 0.3 is 6.03 Å². The van der Waals surface area contributed by atoms with E-state index in [2.05, 4.69) is 10.6 Å². The van der Waals surface area contributed by atoms with Gasteiger partial charge < -0.3 is 15.4 Å². The molecule has 2 aromatic rings. The first kappa shape index (κ1) is 16.3. The van der Waals surface area contributed by atoms with Crippen molar-refractivity contribution in [2.45, 2.75) is 13.5 Å². The summed E-state index contributed by atoms with van der Waals surface area (Å²) in [6.07, 6.45) is 0. The van der Waals surface area contributed by atoms with Gasteiger partial charge in [-0.05, 0) is 18.6 Å². The van der Waals surface area contributed by atoms with Gasteiger partial charge in [0.2, 0.25) is 0 Å². The van der Waals surface area contributed by atoms with Gasteiger partial charge in [-0.2, -0.15) is 0 Å². The Morgan fingerprint density at radius 2 is 2.04 bits per heavy atom. The number of nitrogens with zero attached hydrogens (tertiary/aromatic N) is 1. The Balaban J connectivity index is 2.04. The second kappa shape index (κ2) is 7.26. The predicted octanol–water partition coefficient (Wildman–Crippen LogP) is 3.23. The molecular weight excluding hydrogens is 298 g/mol. The maximum Gasteiger partial charge on any atom is 0.319 e. The third kappa shape index (κ3) is 4.44. The van der Waals surface area contributed by atoms with Crippen molar-refractivity contribution in [2.75, 3.05) is 12.4 Å². The Labute approximate surface area is 133 Å². The summed E-state index contributed by atoms with van der Waals surface area (Å²) in [4.78, 5) is 22.3. The lowest BCUT2D eigenvalue weighted by atomic mass is 10.1. The lowest BCUT2D eigenvalue weighted by molar-refractivity contribution is -0.384. The number of carbonyl (C=O) groups excluding carboxylic acids is 1. The van der Waals surface area contributed by atoms with Crippen LogP contribution in [0.1, 0.15) is 11.1 Å². The van der Waals surface area contributed by atoms with E-state index in [0.717, 1.165) is 11.1 Å². The number of carbonyl (C=O) groups is 1. The zero-order chi connectivity index (χ0) is 16.8. The van der Waals surface area contributed by atoms with Gasteiger partial charge in [0, 0.05) is 18.7 Å². The number of ether oxygens (including phenoxy) is 1. The predicted molar refractivity (Wildman–Crippen MR) is 86.7 cm³/mol. The number of nitrogens with one attached hydrogen (secondary N) is 2. The number of nitro groups is 1. The van der Waals surface area contributed by atoms with Gasteiger partial charge in [0.15, 0.2) is 0 Å². The zero-order valence-electron chi connectivity index (χ0n) is 12.8. The molecule has 120 valence electrons. The topological polar surface area (TPSA) is 93.5 Å². The van der Waals surface area contributed by atoms with Crippen LogP contribution in [-0.4, -0.2) is 18.1 Å². The van der Waals surface area contributed by atoms with Crippen molar-refractivity contribution in [3.8, 4) is 5.75 Å². The fourth-order valence-electron chi connectivity index (χ4n) is 2.08. The van der Waals surface area contributed by atoms with Crippen LogP contribution < -0.4 is 15.4 Å². The molecule has 0 aliphatic heterocycles. The first-order chi connectivity index (χ1) is 11.0. The number of methoxy groups -OCH3 is 1. The largest absolute Gasteiger partial charge is 0.495 e. The highest BCUT2D eigenvalue weighted by molar-refractivity contribution is 5.91. The number of hydrogen-bond acceptors (Lipinski definition) is 4. The summed E-state index contributed by atoms with van der Waals surface area (Å²) in [5, 5.41) is 16.1. The number of urea groups is 1. The first-order valence-electron chi connectivity index (χ1n) is 6.92. The number of nitro benzene ring substituents is 1. The third-order valence-electron chi connectivity index (χ3n) is 3.18. The lowest BCUT2D eigenvalue weighted by Gasteiger charge is -2.11. The minimum absolute atomic E-state index is 0.125. The summed E-state index contributed by atoms with van der Waals surface area (Å²) in [6, 6.07) is 11.3. The van der Waals surface area contributed by atoms with E-state index in [1.165, 1.54) is 25.3 Å². The highest BCUT2D eigenvalue weighted by atomic mass is 16.6. The minimum atomic E-state index is -0.532. The molecule has 0 spiro atoms. The molecule has 7 heteroatoms. The Hall–Kier alpha value is -3.09. The Morgan fingerprint density at radius 1 is 1.26 bits per heavy atom. The summed E-state index contributed by atoms with van der Waals surface area (Å²) in [5.74, 6) is 0.348. The zero-order valence-corrected chi connectivity index (χ0v) is 12.8. The van der Waals surface area contributed by atoms with Gasteiger partial charge in [0.25, 0.3) is 5.69 Å². The van der Waals surface area contributed by atoms with E-state index in [0.29, 0.717) is 12.3 Å². The molecule has 2 aromatic carbocycles. The van der Waals surface area contributed by atoms with Crippen LogP contribution in [-0.2, 0) is 6.54 Å². The summed E-state index contributed by atoms with van der Waals surface area (Å²) in [6.45, 7) is 2.32. The van der Waals surface area contributed by atoms with Crippen LogP contribution in [0, 0.1) is 17.0 Å². The Bertz CT molecular complexity index is 731. The summed E-state index contributed by atoms with van der Waals surface area (Å²) in [7, 11) is 1.43. The average Bonchev–Trinajstić information content (AvgIpc) is 2.53. The molecule has 0 heterocycles. The molecule has 0 aromatic heterocycles. The SMILES string of the molecule is COc1ccc([N+](=O)[O-])cc1NC(=O)NCc1cccc(C)c1. The quantitative estimate of drug-likeness (QED) is 0.654. The van der Waals surface area contributed by atoms with Crippen molar-refractivity contribution < 1.29 is 14.5 Å². The maximum absolute atomic E-state index is 12.0. The molecule has 2 rings (SSSR count). The second-order valence-electron chi connectivity index (χ2n) is 4.94. The monoisotopic (exact) mass is 315 g/mol. The highest BCUT2D eigenvalue weighted by Gasteiger charge is 2.13. The van der Waals surface area contributed by atoms with Crippen LogP contribution in [0.3, 0.4) is 0 Å². The number of rotatable bonds is 5. The summed E-state index contributed by atoms with van der Waals surface area (Å²) in [5.41, 5.74) is 2.18. The number of non-ortho nitro benzene ring substituents is 1. The van der Waals surface area contributed by atoms with Crippen molar-refractivity contribution in [1.29, 1.82) is 0 Å².